The lowest BCUT2D eigenvalue weighted by molar-refractivity contribution is -0.193. The summed E-state index contributed by atoms with van der Waals surface area (Å²) in [5.41, 5.74) is -0.273. The molecule has 3 fully saturated rings. The van der Waals surface area contributed by atoms with E-state index in [2.05, 4.69) is 13.8 Å². The van der Waals surface area contributed by atoms with Crippen molar-refractivity contribution < 1.29 is 9.84 Å². The first-order valence-corrected chi connectivity index (χ1v) is 8.57. The maximum atomic E-state index is 11.3. The molecular weight excluding hydrogens is 244 g/mol. The summed E-state index contributed by atoms with van der Waals surface area (Å²) in [5, 5.41) is 11.3. The Kier molecular flexibility index (Phi) is 3.23. The fraction of sp³-hybridized carbons (Fsp3) is 1.00. The third-order valence-electron chi connectivity index (χ3n) is 5.80. The first kappa shape index (κ1) is 13.3. The molecule has 2 atom stereocenters. The first-order chi connectivity index (χ1) is 8.48. The van der Waals surface area contributed by atoms with Gasteiger partial charge < -0.3 is 9.84 Å². The van der Waals surface area contributed by atoms with Gasteiger partial charge in [0.1, 0.15) is 0 Å². The highest BCUT2D eigenvalue weighted by atomic mass is 32.2. The number of thioether (sulfide) groups is 1. The zero-order valence-corrected chi connectivity index (χ0v) is 12.5. The van der Waals surface area contributed by atoms with Crippen molar-refractivity contribution in [1.82, 2.24) is 0 Å². The Balaban J connectivity index is 1.79. The van der Waals surface area contributed by atoms with Gasteiger partial charge in [-0.2, -0.15) is 11.8 Å². The summed E-state index contributed by atoms with van der Waals surface area (Å²) in [6.07, 6.45) is 7.01. The number of hydrogen-bond acceptors (Lipinski definition) is 3. The predicted octanol–water partition coefficient (Wildman–Crippen LogP) is 3.23. The molecule has 1 saturated carbocycles. The molecule has 3 aliphatic rings. The van der Waals surface area contributed by atoms with Gasteiger partial charge in [-0.3, -0.25) is 0 Å². The minimum atomic E-state index is -0.484. The average Bonchev–Trinajstić information content (AvgIpc) is 2.31. The Hall–Kier alpha value is 0.270. The lowest BCUT2D eigenvalue weighted by atomic mass is 9.60. The summed E-state index contributed by atoms with van der Waals surface area (Å²) < 4.78 is 6.02. The van der Waals surface area contributed by atoms with E-state index in [4.69, 9.17) is 4.74 Å². The van der Waals surface area contributed by atoms with E-state index in [1.165, 1.54) is 25.0 Å². The first-order valence-electron chi connectivity index (χ1n) is 7.42. The van der Waals surface area contributed by atoms with Crippen LogP contribution in [0, 0.1) is 11.3 Å². The summed E-state index contributed by atoms with van der Waals surface area (Å²) in [6.45, 7) is 5.37. The summed E-state index contributed by atoms with van der Waals surface area (Å²) in [5.74, 6) is 2.55. The summed E-state index contributed by atoms with van der Waals surface area (Å²) in [4.78, 5) is 0. The van der Waals surface area contributed by atoms with Gasteiger partial charge in [-0.1, -0.05) is 13.8 Å². The molecule has 0 bridgehead atoms. The van der Waals surface area contributed by atoms with E-state index < -0.39 is 5.60 Å². The number of rotatable bonds is 1. The molecule has 0 aromatic heterocycles. The van der Waals surface area contributed by atoms with E-state index in [-0.39, 0.29) is 11.0 Å². The third kappa shape index (κ3) is 1.94. The molecule has 0 aromatic rings. The van der Waals surface area contributed by atoms with E-state index in [9.17, 15) is 5.11 Å². The number of hydrogen-bond donors (Lipinski definition) is 1. The van der Waals surface area contributed by atoms with Gasteiger partial charge in [-0.25, -0.2) is 0 Å². The van der Waals surface area contributed by atoms with Crippen LogP contribution in [0.3, 0.4) is 0 Å². The molecular formula is C15H26O2S. The molecule has 104 valence electrons. The SMILES string of the molecule is CC1(C)CCSCC1(O)C1CCOC2(CCC2)C1. The van der Waals surface area contributed by atoms with Crippen LogP contribution in [0.4, 0.5) is 0 Å². The van der Waals surface area contributed by atoms with Gasteiger partial charge in [-0.05, 0) is 55.6 Å². The van der Waals surface area contributed by atoms with Crippen molar-refractivity contribution in [2.45, 2.75) is 63.6 Å². The van der Waals surface area contributed by atoms with Gasteiger partial charge in [0, 0.05) is 12.4 Å². The van der Waals surface area contributed by atoms with Crippen LogP contribution in [0.2, 0.25) is 0 Å². The van der Waals surface area contributed by atoms with Crippen molar-refractivity contribution >= 4 is 11.8 Å². The predicted molar refractivity (Wildman–Crippen MR) is 75.9 cm³/mol. The molecule has 1 spiro atoms. The molecule has 1 aliphatic carbocycles. The quantitative estimate of drug-likeness (QED) is 0.793. The maximum absolute atomic E-state index is 11.3. The standard InChI is InChI=1S/C15H26O2S/c1-13(2)7-9-18-11-15(13,16)12-4-8-17-14(10-12)5-3-6-14/h12,16H,3-11H2,1-2H3. The molecule has 3 rings (SSSR count). The van der Waals surface area contributed by atoms with Crippen LogP contribution in [0.5, 0.6) is 0 Å². The Morgan fingerprint density at radius 1 is 1.22 bits per heavy atom. The second-order valence-corrected chi connectivity index (χ2v) is 8.29. The van der Waals surface area contributed by atoms with E-state index in [1.54, 1.807) is 0 Å². The fourth-order valence-corrected chi connectivity index (χ4v) is 5.73. The van der Waals surface area contributed by atoms with Gasteiger partial charge in [0.25, 0.3) is 0 Å². The van der Waals surface area contributed by atoms with Crippen LogP contribution in [-0.4, -0.2) is 34.4 Å². The smallest absolute Gasteiger partial charge is 0.0818 e. The zero-order valence-electron chi connectivity index (χ0n) is 11.7. The Morgan fingerprint density at radius 2 is 2.00 bits per heavy atom. The minimum Gasteiger partial charge on any atom is -0.388 e. The average molecular weight is 270 g/mol. The lowest BCUT2D eigenvalue weighted by Crippen LogP contribution is -2.59. The normalized spacial score (nSPS) is 42.5. The summed E-state index contributed by atoms with van der Waals surface area (Å²) in [6, 6.07) is 0. The van der Waals surface area contributed by atoms with Gasteiger partial charge >= 0.3 is 0 Å². The molecule has 0 aromatic carbocycles. The van der Waals surface area contributed by atoms with Crippen LogP contribution >= 0.6 is 11.8 Å². The number of ether oxygens (including phenoxy) is 1. The van der Waals surface area contributed by atoms with Crippen molar-refractivity contribution in [3.8, 4) is 0 Å². The zero-order chi connectivity index (χ0) is 12.9. The minimum absolute atomic E-state index is 0.0607. The Bertz CT molecular complexity index is 324. The van der Waals surface area contributed by atoms with E-state index in [0.717, 1.165) is 31.6 Å². The second-order valence-electron chi connectivity index (χ2n) is 7.19. The van der Waals surface area contributed by atoms with Gasteiger partial charge in [0.2, 0.25) is 0 Å². The van der Waals surface area contributed by atoms with Crippen molar-refractivity contribution in [3.05, 3.63) is 0 Å². The molecule has 0 radical (unpaired) electrons. The Morgan fingerprint density at radius 3 is 2.61 bits per heavy atom. The lowest BCUT2D eigenvalue weighted by Gasteiger charge is -2.56. The molecule has 18 heavy (non-hydrogen) atoms. The topological polar surface area (TPSA) is 29.5 Å². The third-order valence-corrected chi connectivity index (χ3v) is 6.94. The van der Waals surface area contributed by atoms with E-state index in [1.807, 2.05) is 11.8 Å². The Labute approximate surface area is 115 Å². The molecule has 2 aliphatic heterocycles. The van der Waals surface area contributed by atoms with Gasteiger partial charge in [0.05, 0.1) is 11.2 Å². The van der Waals surface area contributed by atoms with Crippen LogP contribution < -0.4 is 0 Å². The molecule has 2 saturated heterocycles. The highest BCUT2D eigenvalue weighted by Crippen LogP contribution is 2.53. The monoisotopic (exact) mass is 270 g/mol. The molecule has 2 nitrogen and oxygen atoms in total. The largest absolute Gasteiger partial charge is 0.388 e. The second kappa shape index (κ2) is 4.39. The molecule has 2 unspecified atom stereocenters. The van der Waals surface area contributed by atoms with Crippen LogP contribution in [0.15, 0.2) is 0 Å². The fourth-order valence-electron chi connectivity index (χ4n) is 3.99. The maximum Gasteiger partial charge on any atom is 0.0818 e. The van der Waals surface area contributed by atoms with Crippen molar-refractivity contribution in [1.29, 1.82) is 0 Å². The summed E-state index contributed by atoms with van der Waals surface area (Å²) in [7, 11) is 0. The van der Waals surface area contributed by atoms with E-state index >= 15 is 0 Å². The molecule has 0 amide bonds. The summed E-state index contributed by atoms with van der Waals surface area (Å²) >= 11 is 1.93. The molecule has 1 N–H and O–H groups in total. The highest BCUT2D eigenvalue weighted by Gasteiger charge is 2.55. The molecule has 3 heteroatoms. The van der Waals surface area contributed by atoms with Crippen molar-refractivity contribution in [3.63, 3.8) is 0 Å². The van der Waals surface area contributed by atoms with Gasteiger partial charge in [0.15, 0.2) is 0 Å². The van der Waals surface area contributed by atoms with Crippen LogP contribution in [0.1, 0.15) is 52.4 Å². The van der Waals surface area contributed by atoms with Gasteiger partial charge in [-0.15, -0.1) is 0 Å². The van der Waals surface area contributed by atoms with Crippen molar-refractivity contribution in [2.24, 2.45) is 11.3 Å². The van der Waals surface area contributed by atoms with Crippen LogP contribution in [-0.2, 0) is 4.74 Å². The van der Waals surface area contributed by atoms with Crippen LogP contribution in [0.25, 0.3) is 0 Å². The van der Waals surface area contributed by atoms with E-state index in [0.29, 0.717) is 5.92 Å². The number of aliphatic hydroxyl groups is 1. The van der Waals surface area contributed by atoms with Crippen molar-refractivity contribution in [2.75, 3.05) is 18.1 Å². The highest BCUT2D eigenvalue weighted by molar-refractivity contribution is 7.99. The molecule has 2 heterocycles.